The lowest BCUT2D eigenvalue weighted by molar-refractivity contribution is -0.121. The Labute approximate surface area is 156 Å². The van der Waals surface area contributed by atoms with Gasteiger partial charge in [-0.3, -0.25) is 14.4 Å². The molecule has 1 aliphatic rings. The van der Waals surface area contributed by atoms with E-state index in [1.807, 2.05) is 0 Å². The molecule has 0 aromatic heterocycles. The first kappa shape index (κ1) is 18.2. The normalized spacial score (nSPS) is 16.8. The van der Waals surface area contributed by atoms with Crippen molar-refractivity contribution in [2.75, 3.05) is 10.2 Å². The van der Waals surface area contributed by atoms with Gasteiger partial charge >= 0.3 is 0 Å². The van der Waals surface area contributed by atoms with Crippen molar-refractivity contribution in [2.45, 2.75) is 11.7 Å². The lowest BCUT2D eigenvalue weighted by Gasteiger charge is -2.14. The largest absolute Gasteiger partial charge is 0.506 e. The van der Waals surface area contributed by atoms with Gasteiger partial charge in [0.05, 0.1) is 11.4 Å². The van der Waals surface area contributed by atoms with Crippen LogP contribution in [0.25, 0.3) is 0 Å². The second-order valence-electron chi connectivity index (χ2n) is 5.44. The number of amides is 3. The molecular weight excluding hydrogens is 383 g/mol. The van der Waals surface area contributed by atoms with E-state index in [1.54, 1.807) is 0 Å². The van der Waals surface area contributed by atoms with E-state index in [-0.39, 0.29) is 23.5 Å². The molecule has 2 aromatic rings. The number of nitrogens with zero attached hydrogens (tertiary/aromatic N) is 1. The van der Waals surface area contributed by atoms with E-state index in [0.29, 0.717) is 5.02 Å². The zero-order valence-corrected chi connectivity index (χ0v) is 14.7. The molecule has 0 bridgehead atoms. The van der Waals surface area contributed by atoms with Crippen molar-refractivity contribution < 1.29 is 23.9 Å². The molecule has 6 nitrogen and oxygen atoms in total. The Balaban J connectivity index is 1.69. The van der Waals surface area contributed by atoms with E-state index < -0.39 is 28.1 Å². The summed E-state index contributed by atoms with van der Waals surface area (Å²) >= 11 is 6.53. The highest BCUT2D eigenvalue weighted by atomic mass is 35.5. The second-order valence-corrected chi connectivity index (χ2v) is 7.03. The monoisotopic (exact) mass is 394 g/mol. The van der Waals surface area contributed by atoms with Crippen LogP contribution in [0.15, 0.2) is 42.5 Å². The molecule has 0 saturated carbocycles. The zero-order chi connectivity index (χ0) is 18.8. The number of rotatable bonds is 4. The lowest BCUT2D eigenvalue weighted by atomic mass is 10.2. The first-order valence-corrected chi connectivity index (χ1v) is 8.69. The number of thioether (sulfide) groups is 1. The lowest BCUT2D eigenvalue weighted by Crippen LogP contribution is -2.32. The van der Waals surface area contributed by atoms with Crippen molar-refractivity contribution >= 4 is 51.8 Å². The van der Waals surface area contributed by atoms with Crippen molar-refractivity contribution in [3.63, 3.8) is 0 Å². The standard InChI is InChI=1S/C17H12ClFN2O4S/c18-9-1-6-13(22)12(7-9)20-15(23)8-14-16(24)21(17(25)26-14)11-4-2-10(19)3-5-11/h1-7,14,22H,8H2,(H,20,23). The molecule has 3 amide bonds. The first-order chi connectivity index (χ1) is 12.3. The van der Waals surface area contributed by atoms with Crippen LogP contribution in [0, 0.1) is 5.82 Å². The molecule has 1 fully saturated rings. The number of carbonyl (C=O) groups is 3. The third kappa shape index (κ3) is 3.81. The molecule has 1 aliphatic heterocycles. The Kier molecular flexibility index (Phi) is 5.15. The summed E-state index contributed by atoms with van der Waals surface area (Å²) in [5.74, 6) is -1.77. The van der Waals surface area contributed by atoms with E-state index in [2.05, 4.69) is 5.32 Å². The molecule has 9 heteroatoms. The van der Waals surface area contributed by atoms with Crippen LogP contribution in [0.3, 0.4) is 0 Å². The number of phenolic OH excluding ortho intramolecular Hbond substituents is 1. The Morgan fingerprint density at radius 1 is 1.23 bits per heavy atom. The molecule has 1 atom stereocenters. The number of hydrogen-bond acceptors (Lipinski definition) is 5. The Morgan fingerprint density at radius 2 is 1.92 bits per heavy atom. The summed E-state index contributed by atoms with van der Waals surface area (Å²) in [7, 11) is 0. The van der Waals surface area contributed by atoms with Crippen LogP contribution < -0.4 is 10.2 Å². The average Bonchev–Trinajstić information content (AvgIpc) is 2.86. The van der Waals surface area contributed by atoms with Gasteiger partial charge in [-0.2, -0.15) is 0 Å². The van der Waals surface area contributed by atoms with Crippen LogP contribution in [0.4, 0.5) is 20.6 Å². The molecule has 134 valence electrons. The van der Waals surface area contributed by atoms with Crippen LogP contribution in [0.2, 0.25) is 5.02 Å². The minimum Gasteiger partial charge on any atom is -0.506 e. The fourth-order valence-corrected chi connectivity index (χ4v) is 3.55. The topological polar surface area (TPSA) is 86.7 Å². The third-order valence-corrected chi connectivity index (χ3v) is 4.88. The van der Waals surface area contributed by atoms with Gasteiger partial charge in [0.1, 0.15) is 16.8 Å². The van der Waals surface area contributed by atoms with E-state index in [4.69, 9.17) is 11.6 Å². The van der Waals surface area contributed by atoms with Gasteiger partial charge in [-0.15, -0.1) is 0 Å². The molecule has 3 rings (SSSR count). The number of aromatic hydroxyl groups is 1. The quantitative estimate of drug-likeness (QED) is 0.770. The summed E-state index contributed by atoms with van der Waals surface area (Å²) in [6, 6.07) is 9.07. The highest BCUT2D eigenvalue weighted by Crippen LogP contribution is 2.34. The molecule has 0 radical (unpaired) electrons. The summed E-state index contributed by atoms with van der Waals surface area (Å²) in [6.45, 7) is 0. The summed E-state index contributed by atoms with van der Waals surface area (Å²) in [5.41, 5.74) is 0.351. The molecule has 0 spiro atoms. The Hall–Kier alpha value is -2.58. The van der Waals surface area contributed by atoms with Gasteiger partial charge in [0.15, 0.2) is 0 Å². The van der Waals surface area contributed by atoms with Crippen molar-refractivity contribution in [3.05, 3.63) is 53.3 Å². The molecule has 2 aromatic carbocycles. The summed E-state index contributed by atoms with van der Waals surface area (Å²) in [6.07, 6.45) is -0.265. The Bertz CT molecular complexity index is 891. The molecule has 2 N–H and O–H groups in total. The average molecular weight is 395 g/mol. The molecular formula is C17H12ClFN2O4S. The number of halogens is 2. The number of imide groups is 1. The van der Waals surface area contributed by atoms with Gasteiger partial charge in [0, 0.05) is 11.4 Å². The number of benzene rings is 2. The second kappa shape index (κ2) is 7.35. The molecule has 0 aliphatic carbocycles. The number of phenols is 1. The maximum Gasteiger partial charge on any atom is 0.293 e. The molecule has 1 saturated heterocycles. The van der Waals surface area contributed by atoms with E-state index in [1.165, 1.54) is 30.3 Å². The van der Waals surface area contributed by atoms with Crippen LogP contribution in [-0.2, 0) is 9.59 Å². The number of nitrogens with one attached hydrogen (secondary N) is 1. The van der Waals surface area contributed by atoms with Gasteiger partial charge < -0.3 is 10.4 Å². The highest BCUT2D eigenvalue weighted by molar-refractivity contribution is 8.15. The first-order valence-electron chi connectivity index (χ1n) is 7.43. The predicted octanol–water partition coefficient (Wildman–Crippen LogP) is 3.78. The maximum atomic E-state index is 13.0. The van der Waals surface area contributed by atoms with Gasteiger partial charge in [0.2, 0.25) is 11.8 Å². The molecule has 1 heterocycles. The minimum absolute atomic E-state index is 0.111. The smallest absolute Gasteiger partial charge is 0.293 e. The SMILES string of the molecule is O=C(CC1SC(=O)N(c2ccc(F)cc2)C1=O)Nc1cc(Cl)ccc1O. The number of anilines is 2. The third-order valence-electron chi connectivity index (χ3n) is 3.61. The molecule has 26 heavy (non-hydrogen) atoms. The van der Waals surface area contributed by atoms with Crippen LogP contribution in [0.5, 0.6) is 5.75 Å². The van der Waals surface area contributed by atoms with Crippen LogP contribution in [-0.4, -0.2) is 27.4 Å². The van der Waals surface area contributed by atoms with E-state index in [0.717, 1.165) is 28.8 Å². The molecule has 1 unspecified atom stereocenters. The fraction of sp³-hybridized carbons (Fsp3) is 0.118. The van der Waals surface area contributed by atoms with Gasteiger partial charge in [-0.1, -0.05) is 11.6 Å². The Morgan fingerprint density at radius 3 is 2.62 bits per heavy atom. The number of hydrogen-bond donors (Lipinski definition) is 2. The van der Waals surface area contributed by atoms with Gasteiger partial charge in [-0.25, -0.2) is 9.29 Å². The van der Waals surface area contributed by atoms with Crippen LogP contribution in [0.1, 0.15) is 6.42 Å². The predicted molar refractivity (Wildman–Crippen MR) is 97.0 cm³/mol. The van der Waals surface area contributed by atoms with Crippen molar-refractivity contribution in [2.24, 2.45) is 0 Å². The van der Waals surface area contributed by atoms with E-state index >= 15 is 0 Å². The van der Waals surface area contributed by atoms with Crippen molar-refractivity contribution in [1.82, 2.24) is 0 Å². The fourth-order valence-electron chi connectivity index (χ4n) is 2.39. The summed E-state index contributed by atoms with van der Waals surface area (Å²) < 4.78 is 13.0. The van der Waals surface area contributed by atoms with Crippen molar-refractivity contribution in [3.8, 4) is 5.75 Å². The number of carbonyl (C=O) groups excluding carboxylic acids is 3. The van der Waals surface area contributed by atoms with Gasteiger partial charge in [-0.05, 0) is 54.2 Å². The van der Waals surface area contributed by atoms with Crippen LogP contribution >= 0.6 is 23.4 Å². The summed E-state index contributed by atoms with van der Waals surface area (Å²) in [4.78, 5) is 37.6. The van der Waals surface area contributed by atoms with Gasteiger partial charge in [0.25, 0.3) is 5.24 Å². The van der Waals surface area contributed by atoms with E-state index in [9.17, 15) is 23.9 Å². The zero-order valence-electron chi connectivity index (χ0n) is 13.1. The minimum atomic E-state index is -0.908. The summed E-state index contributed by atoms with van der Waals surface area (Å²) in [5, 5.41) is 11.0. The highest BCUT2D eigenvalue weighted by Gasteiger charge is 2.41. The maximum absolute atomic E-state index is 13.0. The van der Waals surface area contributed by atoms with Crippen molar-refractivity contribution in [1.29, 1.82) is 0 Å².